The van der Waals surface area contributed by atoms with E-state index in [1.165, 1.54) is 6.92 Å². The molecule has 1 fully saturated rings. The summed E-state index contributed by atoms with van der Waals surface area (Å²) >= 11 is 0. The zero-order valence-electron chi connectivity index (χ0n) is 13.3. The molecule has 128 valence electrons. The zero-order chi connectivity index (χ0) is 17.1. The molecule has 1 atom stereocenters. The van der Waals surface area contributed by atoms with Gasteiger partial charge in [-0.2, -0.15) is 0 Å². The lowest BCUT2D eigenvalue weighted by atomic mass is 9.97. The average Bonchev–Trinajstić information content (AvgIpc) is 3.07. The Balaban J connectivity index is 1.54. The SMILES string of the molecule is CC(=O)N1CCC[C@H](C(=O)NNC(=O)c2ccc3c(c2)OCO3)C1. The van der Waals surface area contributed by atoms with Crippen LogP contribution >= 0.6 is 0 Å². The van der Waals surface area contributed by atoms with Crippen molar-refractivity contribution in [1.82, 2.24) is 15.8 Å². The third kappa shape index (κ3) is 3.42. The summed E-state index contributed by atoms with van der Waals surface area (Å²) in [5.41, 5.74) is 5.18. The second-order valence-corrected chi connectivity index (χ2v) is 5.82. The van der Waals surface area contributed by atoms with E-state index in [9.17, 15) is 14.4 Å². The Kier molecular flexibility index (Phi) is 4.54. The molecule has 0 aliphatic carbocycles. The highest BCUT2D eigenvalue weighted by atomic mass is 16.7. The molecular formula is C16H19N3O5. The number of likely N-dealkylation sites (tertiary alicyclic amines) is 1. The summed E-state index contributed by atoms with van der Waals surface area (Å²) in [6.07, 6.45) is 1.46. The molecule has 8 heteroatoms. The molecule has 1 saturated heterocycles. The minimum Gasteiger partial charge on any atom is -0.454 e. The van der Waals surface area contributed by atoms with Crippen molar-refractivity contribution in [3.05, 3.63) is 23.8 Å². The van der Waals surface area contributed by atoms with Gasteiger partial charge in [-0.05, 0) is 31.0 Å². The quantitative estimate of drug-likeness (QED) is 0.765. The van der Waals surface area contributed by atoms with Crippen LogP contribution in [0.4, 0.5) is 0 Å². The first-order valence-electron chi connectivity index (χ1n) is 7.80. The van der Waals surface area contributed by atoms with Gasteiger partial charge in [-0.25, -0.2) is 0 Å². The highest BCUT2D eigenvalue weighted by molar-refractivity contribution is 5.96. The number of hydrogen-bond donors (Lipinski definition) is 2. The predicted molar refractivity (Wildman–Crippen MR) is 83.2 cm³/mol. The van der Waals surface area contributed by atoms with Crippen LogP contribution in [0.1, 0.15) is 30.1 Å². The van der Waals surface area contributed by atoms with Gasteiger partial charge in [0.2, 0.25) is 18.6 Å². The number of nitrogens with zero attached hydrogens (tertiary/aromatic N) is 1. The van der Waals surface area contributed by atoms with E-state index in [4.69, 9.17) is 9.47 Å². The van der Waals surface area contributed by atoms with E-state index in [0.717, 1.165) is 6.42 Å². The van der Waals surface area contributed by atoms with Gasteiger partial charge >= 0.3 is 0 Å². The topological polar surface area (TPSA) is 97.0 Å². The number of hydrogen-bond acceptors (Lipinski definition) is 5. The monoisotopic (exact) mass is 333 g/mol. The molecule has 0 saturated carbocycles. The van der Waals surface area contributed by atoms with Gasteiger partial charge in [-0.1, -0.05) is 0 Å². The molecule has 3 amide bonds. The largest absolute Gasteiger partial charge is 0.454 e. The normalized spacial score (nSPS) is 18.9. The number of ether oxygens (including phenoxy) is 2. The maximum Gasteiger partial charge on any atom is 0.269 e. The van der Waals surface area contributed by atoms with Crippen molar-refractivity contribution in [1.29, 1.82) is 0 Å². The molecular weight excluding hydrogens is 314 g/mol. The smallest absolute Gasteiger partial charge is 0.269 e. The van der Waals surface area contributed by atoms with Gasteiger partial charge in [0.05, 0.1) is 5.92 Å². The molecule has 24 heavy (non-hydrogen) atoms. The summed E-state index contributed by atoms with van der Waals surface area (Å²) in [6, 6.07) is 4.79. The van der Waals surface area contributed by atoms with Gasteiger partial charge in [0.25, 0.3) is 5.91 Å². The van der Waals surface area contributed by atoms with Crippen LogP contribution in [0.3, 0.4) is 0 Å². The third-order valence-corrected chi connectivity index (χ3v) is 4.17. The van der Waals surface area contributed by atoms with E-state index in [1.54, 1.807) is 23.1 Å². The standard InChI is InChI=1S/C16H19N3O5/c1-10(20)19-6-2-3-12(8-19)16(22)18-17-15(21)11-4-5-13-14(7-11)24-9-23-13/h4-5,7,12H,2-3,6,8-9H2,1H3,(H,17,21)(H,18,22)/t12-/m0/s1. The van der Waals surface area contributed by atoms with Crippen molar-refractivity contribution in [2.75, 3.05) is 19.9 Å². The lowest BCUT2D eigenvalue weighted by Crippen LogP contribution is -2.49. The van der Waals surface area contributed by atoms with Crippen molar-refractivity contribution in [2.45, 2.75) is 19.8 Å². The summed E-state index contributed by atoms with van der Waals surface area (Å²) in [4.78, 5) is 37.4. The van der Waals surface area contributed by atoms with Gasteiger partial charge in [0.1, 0.15) is 0 Å². The Morgan fingerprint density at radius 1 is 1.17 bits per heavy atom. The summed E-state index contributed by atoms with van der Waals surface area (Å²) in [5.74, 6) is -0.0204. The van der Waals surface area contributed by atoms with Crippen molar-refractivity contribution in [3.63, 3.8) is 0 Å². The van der Waals surface area contributed by atoms with E-state index in [2.05, 4.69) is 10.9 Å². The molecule has 8 nitrogen and oxygen atoms in total. The Labute approximate surface area is 139 Å². The maximum absolute atomic E-state index is 12.2. The van der Waals surface area contributed by atoms with E-state index in [1.807, 2.05) is 0 Å². The molecule has 2 aliphatic heterocycles. The molecule has 0 spiro atoms. The molecule has 2 aliphatic rings. The van der Waals surface area contributed by atoms with Crippen LogP contribution in [0.15, 0.2) is 18.2 Å². The van der Waals surface area contributed by atoms with Crippen LogP contribution in [0.5, 0.6) is 11.5 Å². The number of benzene rings is 1. The van der Waals surface area contributed by atoms with E-state index in [0.29, 0.717) is 36.6 Å². The third-order valence-electron chi connectivity index (χ3n) is 4.17. The van der Waals surface area contributed by atoms with Gasteiger partial charge in [-0.15, -0.1) is 0 Å². The highest BCUT2D eigenvalue weighted by Crippen LogP contribution is 2.32. The Morgan fingerprint density at radius 3 is 2.75 bits per heavy atom. The predicted octanol–water partition coefficient (Wildman–Crippen LogP) is 0.435. The van der Waals surface area contributed by atoms with Gasteiger partial charge in [-0.3, -0.25) is 25.2 Å². The van der Waals surface area contributed by atoms with Crippen molar-refractivity contribution in [2.24, 2.45) is 5.92 Å². The zero-order valence-corrected chi connectivity index (χ0v) is 13.3. The Morgan fingerprint density at radius 2 is 1.96 bits per heavy atom. The van der Waals surface area contributed by atoms with Crippen LogP contribution in [-0.4, -0.2) is 42.5 Å². The van der Waals surface area contributed by atoms with Crippen LogP contribution in [0, 0.1) is 5.92 Å². The molecule has 1 aromatic carbocycles. The molecule has 1 aromatic rings. The number of nitrogens with one attached hydrogen (secondary N) is 2. The number of piperidine rings is 1. The summed E-state index contributed by atoms with van der Waals surface area (Å²) < 4.78 is 10.4. The average molecular weight is 333 g/mol. The van der Waals surface area contributed by atoms with Crippen LogP contribution in [-0.2, 0) is 9.59 Å². The number of amides is 3. The molecule has 0 bridgehead atoms. The van der Waals surface area contributed by atoms with Crippen molar-refractivity contribution >= 4 is 17.7 Å². The number of carbonyl (C=O) groups excluding carboxylic acids is 3. The summed E-state index contributed by atoms with van der Waals surface area (Å²) in [5, 5.41) is 0. The van der Waals surface area contributed by atoms with Gasteiger partial charge in [0.15, 0.2) is 11.5 Å². The second kappa shape index (κ2) is 6.77. The maximum atomic E-state index is 12.2. The Bertz CT molecular complexity index is 676. The lowest BCUT2D eigenvalue weighted by Gasteiger charge is -2.31. The molecule has 2 heterocycles. The second-order valence-electron chi connectivity index (χ2n) is 5.82. The number of hydrazine groups is 1. The van der Waals surface area contributed by atoms with E-state index < -0.39 is 5.91 Å². The van der Waals surface area contributed by atoms with E-state index >= 15 is 0 Å². The lowest BCUT2D eigenvalue weighted by molar-refractivity contribution is -0.134. The minimum atomic E-state index is -0.444. The summed E-state index contributed by atoms with van der Waals surface area (Å²) in [6.45, 7) is 2.66. The fourth-order valence-electron chi connectivity index (χ4n) is 2.81. The number of fused-ring (bicyclic) bond motifs is 1. The highest BCUT2D eigenvalue weighted by Gasteiger charge is 2.27. The number of carbonyl (C=O) groups is 3. The molecule has 0 aromatic heterocycles. The molecule has 0 unspecified atom stereocenters. The minimum absolute atomic E-state index is 0.0445. The number of rotatable bonds is 2. The van der Waals surface area contributed by atoms with Crippen molar-refractivity contribution < 1.29 is 23.9 Å². The van der Waals surface area contributed by atoms with E-state index in [-0.39, 0.29) is 24.5 Å². The first-order valence-corrected chi connectivity index (χ1v) is 7.80. The van der Waals surface area contributed by atoms with Crippen LogP contribution in [0.2, 0.25) is 0 Å². The first-order chi connectivity index (χ1) is 11.5. The van der Waals surface area contributed by atoms with Crippen LogP contribution in [0.25, 0.3) is 0 Å². The van der Waals surface area contributed by atoms with Crippen molar-refractivity contribution in [3.8, 4) is 11.5 Å². The Hall–Kier alpha value is -2.77. The summed E-state index contributed by atoms with van der Waals surface area (Å²) in [7, 11) is 0. The molecule has 3 rings (SSSR count). The van der Waals surface area contributed by atoms with Gasteiger partial charge in [0, 0.05) is 25.6 Å². The fraction of sp³-hybridized carbons (Fsp3) is 0.438. The van der Waals surface area contributed by atoms with Crippen LogP contribution < -0.4 is 20.3 Å². The fourth-order valence-corrected chi connectivity index (χ4v) is 2.81. The molecule has 0 radical (unpaired) electrons. The van der Waals surface area contributed by atoms with Gasteiger partial charge < -0.3 is 14.4 Å². The molecule has 2 N–H and O–H groups in total. The first kappa shape index (κ1) is 16.1.